The first-order valence-corrected chi connectivity index (χ1v) is 12.6. The van der Waals surface area contributed by atoms with Crippen LogP contribution in [-0.4, -0.2) is 17.6 Å². The van der Waals surface area contributed by atoms with Crippen LogP contribution in [-0.2, 0) is 9.53 Å². The average molecular weight is 452 g/mol. The zero-order valence-corrected chi connectivity index (χ0v) is 19.3. The van der Waals surface area contributed by atoms with Crippen molar-refractivity contribution in [2.75, 3.05) is 6.61 Å². The fraction of sp³-hybridized carbons (Fsp3) is 0.0714. The van der Waals surface area contributed by atoms with Crippen molar-refractivity contribution < 1.29 is 9.53 Å². The van der Waals surface area contributed by atoms with E-state index < -0.39 is 13.0 Å². The Morgan fingerprint density at radius 1 is 0.788 bits per heavy atom. The molecule has 164 valence electrons. The average Bonchev–Trinajstić information content (AvgIpc) is 2.89. The second-order valence-electron chi connectivity index (χ2n) is 7.27. The molecular weight excluding hydrogens is 427 g/mol. The molecule has 0 aliphatic rings. The molecule has 0 atom stereocenters. The summed E-state index contributed by atoms with van der Waals surface area (Å²) in [6.07, 6.45) is 5.18. The predicted molar refractivity (Wildman–Crippen MR) is 136 cm³/mol. The molecule has 0 fully saturated rings. The minimum Gasteiger partial charge on any atom is -0.461 e. The molecule has 1 heterocycles. The molecule has 4 rings (SSSR count). The molecule has 0 aliphatic carbocycles. The third-order valence-corrected chi connectivity index (χ3v) is 8.79. The summed E-state index contributed by atoms with van der Waals surface area (Å²) in [5.74, 6) is -0.443. The van der Waals surface area contributed by atoms with Crippen LogP contribution in [0.25, 0.3) is 6.08 Å². The van der Waals surface area contributed by atoms with Crippen LogP contribution < -0.4 is 15.9 Å². The molecule has 0 bridgehead atoms. The molecule has 5 heteroatoms. The van der Waals surface area contributed by atoms with Gasteiger partial charge in [-0.3, -0.25) is 4.98 Å². The molecule has 0 radical (unpaired) electrons. The van der Waals surface area contributed by atoms with Crippen LogP contribution in [0.3, 0.4) is 0 Å². The second kappa shape index (κ2) is 10.7. The first kappa shape index (κ1) is 22.4. The number of carbonyl (C=O) groups is 1. The van der Waals surface area contributed by atoms with E-state index in [0.717, 1.165) is 21.5 Å². The van der Waals surface area contributed by atoms with Gasteiger partial charge in [0.05, 0.1) is 13.7 Å². The number of ether oxygens (including phenoxy) is 1. The molecule has 33 heavy (non-hydrogen) atoms. The van der Waals surface area contributed by atoms with Gasteiger partial charge in [-0.25, -0.2) is 9.54 Å². The first-order chi connectivity index (χ1) is 16.2. The molecule has 0 saturated carbocycles. The van der Waals surface area contributed by atoms with Crippen molar-refractivity contribution in [3.63, 3.8) is 0 Å². The van der Waals surface area contributed by atoms with E-state index in [4.69, 9.17) is 9.48 Å². The molecule has 0 amide bonds. The van der Waals surface area contributed by atoms with Crippen LogP contribution >= 0.6 is 7.05 Å². The minimum absolute atomic E-state index is 0.273. The maximum Gasteiger partial charge on any atom is 0.356 e. The van der Waals surface area contributed by atoms with Crippen molar-refractivity contribution >= 4 is 35.0 Å². The van der Waals surface area contributed by atoms with E-state index in [2.05, 4.69) is 41.4 Å². The largest absolute Gasteiger partial charge is 0.461 e. The van der Waals surface area contributed by atoms with Gasteiger partial charge in [0.2, 0.25) is 0 Å². The Morgan fingerprint density at radius 2 is 1.24 bits per heavy atom. The van der Waals surface area contributed by atoms with Crippen LogP contribution in [0.2, 0.25) is 0 Å². The lowest BCUT2D eigenvalue weighted by Gasteiger charge is -2.27. The fourth-order valence-corrected chi connectivity index (χ4v) is 7.18. The molecule has 0 saturated heterocycles. The highest BCUT2D eigenvalue weighted by molar-refractivity contribution is 7.87. The van der Waals surface area contributed by atoms with Gasteiger partial charge in [0.1, 0.15) is 5.70 Å². The van der Waals surface area contributed by atoms with Gasteiger partial charge in [-0.05, 0) is 30.7 Å². The predicted octanol–water partition coefficient (Wildman–Crippen LogP) is 5.16. The SMILES string of the molecule is CCOC(=O)/C(=C/c1ccncc1)N=P(c1ccccc1)(c1ccccc1)c1ccccc1. The van der Waals surface area contributed by atoms with E-state index in [0.29, 0.717) is 0 Å². The van der Waals surface area contributed by atoms with Crippen LogP contribution in [0.5, 0.6) is 0 Å². The molecule has 0 N–H and O–H groups in total. The number of carbonyl (C=O) groups excluding carboxylic acids is 1. The number of hydrogen-bond acceptors (Lipinski definition) is 4. The quantitative estimate of drug-likeness (QED) is 0.221. The lowest BCUT2D eigenvalue weighted by Crippen LogP contribution is -2.26. The zero-order valence-electron chi connectivity index (χ0n) is 18.4. The Kier molecular flexibility index (Phi) is 7.29. The third-order valence-electron chi connectivity index (χ3n) is 5.14. The molecule has 0 unspecified atom stereocenters. The van der Waals surface area contributed by atoms with Crippen molar-refractivity contribution in [3.05, 3.63) is 127 Å². The Hall–Kier alpha value is -3.75. The fourth-order valence-electron chi connectivity index (χ4n) is 3.66. The van der Waals surface area contributed by atoms with E-state index in [9.17, 15) is 4.79 Å². The normalized spacial score (nSPS) is 11.6. The Bertz CT molecular complexity index is 1170. The van der Waals surface area contributed by atoms with Crippen LogP contribution in [0.15, 0.2) is 126 Å². The molecule has 0 aliphatic heterocycles. The van der Waals surface area contributed by atoms with Gasteiger partial charge in [0.15, 0.2) is 0 Å². The summed E-state index contributed by atoms with van der Waals surface area (Å²) in [4.78, 5) is 17.2. The molecule has 3 aromatic carbocycles. The van der Waals surface area contributed by atoms with Crippen LogP contribution in [0.4, 0.5) is 0 Å². The third kappa shape index (κ3) is 5.02. The summed E-state index contributed by atoms with van der Waals surface area (Å²) in [7, 11) is -2.58. The van der Waals surface area contributed by atoms with Crippen molar-refractivity contribution in [1.82, 2.24) is 4.98 Å². The topological polar surface area (TPSA) is 51.5 Å². The molecule has 4 aromatic rings. The molecule has 0 spiro atoms. The standard InChI is InChI=1S/C28H25N2O2P/c1-2-32-28(31)27(22-23-18-20-29-21-19-23)30-33(24-12-6-3-7-13-24,25-14-8-4-9-15-25)26-16-10-5-11-17-26/h3-22H,2H2,1H3/b27-22-. The Labute approximate surface area is 194 Å². The number of benzene rings is 3. The van der Waals surface area contributed by atoms with Gasteiger partial charge in [0, 0.05) is 28.3 Å². The summed E-state index contributed by atoms with van der Waals surface area (Å²) in [6, 6.07) is 34.3. The summed E-state index contributed by atoms with van der Waals surface area (Å²) < 4.78 is 10.7. The maximum absolute atomic E-state index is 13.1. The summed E-state index contributed by atoms with van der Waals surface area (Å²) >= 11 is 0. The smallest absolute Gasteiger partial charge is 0.356 e. The van der Waals surface area contributed by atoms with Gasteiger partial charge in [0.25, 0.3) is 0 Å². The van der Waals surface area contributed by atoms with Gasteiger partial charge in [-0.15, -0.1) is 0 Å². The Balaban J connectivity index is 2.10. The minimum atomic E-state index is -2.58. The summed E-state index contributed by atoms with van der Waals surface area (Å²) in [5.41, 5.74) is 1.12. The lowest BCUT2D eigenvalue weighted by atomic mass is 10.2. The van der Waals surface area contributed by atoms with E-state index in [1.165, 1.54) is 0 Å². The van der Waals surface area contributed by atoms with Crippen molar-refractivity contribution in [3.8, 4) is 0 Å². The Morgan fingerprint density at radius 3 is 1.67 bits per heavy atom. The van der Waals surface area contributed by atoms with E-state index in [1.54, 1.807) is 25.4 Å². The van der Waals surface area contributed by atoms with E-state index >= 15 is 0 Å². The number of nitrogens with zero attached hydrogens (tertiary/aromatic N) is 2. The number of esters is 1. The molecule has 1 aromatic heterocycles. The highest BCUT2D eigenvalue weighted by atomic mass is 31.2. The first-order valence-electron chi connectivity index (χ1n) is 10.8. The van der Waals surface area contributed by atoms with E-state index in [-0.39, 0.29) is 12.3 Å². The van der Waals surface area contributed by atoms with Gasteiger partial charge in [-0.2, -0.15) is 0 Å². The van der Waals surface area contributed by atoms with Crippen LogP contribution in [0.1, 0.15) is 12.5 Å². The van der Waals surface area contributed by atoms with E-state index in [1.807, 2.05) is 66.7 Å². The van der Waals surface area contributed by atoms with Gasteiger partial charge < -0.3 is 4.74 Å². The highest BCUT2D eigenvalue weighted by Gasteiger charge is 2.29. The van der Waals surface area contributed by atoms with Gasteiger partial charge in [-0.1, -0.05) is 91.0 Å². The molecule has 4 nitrogen and oxygen atoms in total. The highest BCUT2D eigenvalue weighted by Crippen LogP contribution is 2.48. The summed E-state index contributed by atoms with van der Waals surface area (Å²) in [6.45, 7) is 2.07. The zero-order chi connectivity index (χ0) is 22.9. The maximum atomic E-state index is 13.1. The summed E-state index contributed by atoms with van der Waals surface area (Å²) in [5, 5.41) is 3.19. The van der Waals surface area contributed by atoms with Crippen molar-refractivity contribution in [2.24, 2.45) is 4.74 Å². The number of hydrogen-bond donors (Lipinski definition) is 0. The van der Waals surface area contributed by atoms with Crippen molar-refractivity contribution in [2.45, 2.75) is 6.92 Å². The number of pyridine rings is 1. The second-order valence-corrected chi connectivity index (χ2v) is 10.3. The van der Waals surface area contributed by atoms with Crippen LogP contribution in [0, 0.1) is 0 Å². The molecular formula is C28H25N2O2P. The van der Waals surface area contributed by atoms with Crippen molar-refractivity contribution in [1.29, 1.82) is 0 Å². The lowest BCUT2D eigenvalue weighted by molar-refractivity contribution is -0.138. The monoisotopic (exact) mass is 452 g/mol. The number of aromatic nitrogens is 1. The van der Waals surface area contributed by atoms with Gasteiger partial charge >= 0.3 is 5.97 Å². The number of rotatable bonds is 7.